The first kappa shape index (κ1) is 19.8. The van der Waals surface area contributed by atoms with Gasteiger partial charge in [-0.3, -0.25) is 9.67 Å². The average molecular weight is 453 g/mol. The van der Waals surface area contributed by atoms with E-state index in [0.29, 0.717) is 6.04 Å². The number of rotatable bonds is 5. The zero-order chi connectivity index (χ0) is 16.6. The van der Waals surface area contributed by atoms with Crippen LogP contribution >= 0.6 is 24.0 Å². The Morgan fingerprint density at radius 1 is 1.16 bits per heavy atom. The number of hydrogen-bond donors (Lipinski definition) is 2. The van der Waals surface area contributed by atoms with Gasteiger partial charge < -0.3 is 10.6 Å². The molecule has 0 bridgehead atoms. The van der Waals surface area contributed by atoms with Crippen molar-refractivity contribution >= 4 is 29.9 Å². The highest BCUT2D eigenvalue weighted by atomic mass is 127. The molecule has 1 fully saturated rings. The summed E-state index contributed by atoms with van der Waals surface area (Å²) >= 11 is 0. The lowest BCUT2D eigenvalue weighted by Crippen LogP contribution is -2.43. The Balaban J connectivity index is 0.00000225. The Morgan fingerprint density at radius 2 is 1.92 bits per heavy atom. The van der Waals surface area contributed by atoms with Gasteiger partial charge in [0.25, 0.3) is 0 Å². The number of aromatic nitrogens is 2. The van der Waals surface area contributed by atoms with E-state index in [-0.39, 0.29) is 24.0 Å². The lowest BCUT2D eigenvalue weighted by Gasteiger charge is -2.24. The molecule has 0 amide bonds. The van der Waals surface area contributed by atoms with Crippen LogP contribution in [0.4, 0.5) is 0 Å². The normalized spacial score (nSPS) is 15.5. The maximum Gasteiger partial charge on any atom is 0.191 e. The molecule has 1 aromatic carbocycles. The van der Waals surface area contributed by atoms with E-state index in [0.717, 1.165) is 24.6 Å². The Kier molecular flexibility index (Phi) is 8.24. The van der Waals surface area contributed by atoms with Gasteiger partial charge in [0.05, 0.1) is 12.7 Å². The molecule has 5 nitrogen and oxygen atoms in total. The molecule has 0 aliphatic heterocycles. The summed E-state index contributed by atoms with van der Waals surface area (Å²) in [5.41, 5.74) is 2.42. The average Bonchev–Trinajstić information content (AvgIpc) is 3.07. The van der Waals surface area contributed by atoms with Gasteiger partial charge in [0.1, 0.15) is 0 Å². The molecule has 6 heteroatoms. The van der Waals surface area contributed by atoms with E-state index in [2.05, 4.69) is 51.2 Å². The summed E-state index contributed by atoms with van der Waals surface area (Å²) in [5.74, 6) is 0.887. The molecule has 0 unspecified atom stereocenters. The summed E-state index contributed by atoms with van der Waals surface area (Å²) in [6.45, 7) is 1.54. The minimum absolute atomic E-state index is 0. The summed E-state index contributed by atoms with van der Waals surface area (Å²) in [4.78, 5) is 4.34. The van der Waals surface area contributed by atoms with Gasteiger partial charge in [0, 0.05) is 31.4 Å². The largest absolute Gasteiger partial charge is 0.354 e. The second kappa shape index (κ2) is 10.4. The van der Waals surface area contributed by atoms with Gasteiger partial charge in [-0.25, -0.2) is 0 Å². The molecule has 0 saturated heterocycles. The Hall–Kier alpha value is -1.57. The fourth-order valence-corrected chi connectivity index (χ4v) is 3.18. The zero-order valence-electron chi connectivity index (χ0n) is 14.8. The Morgan fingerprint density at radius 3 is 2.64 bits per heavy atom. The number of halogens is 1. The van der Waals surface area contributed by atoms with Crippen molar-refractivity contribution < 1.29 is 0 Å². The van der Waals surface area contributed by atoms with E-state index in [1.807, 2.05) is 24.0 Å². The highest BCUT2D eigenvalue weighted by molar-refractivity contribution is 14.0. The van der Waals surface area contributed by atoms with Gasteiger partial charge in [0.15, 0.2) is 5.96 Å². The van der Waals surface area contributed by atoms with Crippen molar-refractivity contribution in [2.75, 3.05) is 7.05 Å². The van der Waals surface area contributed by atoms with Crippen molar-refractivity contribution in [3.05, 3.63) is 53.9 Å². The van der Waals surface area contributed by atoms with Crippen LogP contribution < -0.4 is 10.6 Å². The molecule has 25 heavy (non-hydrogen) atoms. The number of aliphatic imine (C=N–C) groups is 1. The van der Waals surface area contributed by atoms with Crippen LogP contribution in [-0.2, 0) is 13.1 Å². The first-order valence-electron chi connectivity index (χ1n) is 8.86. The second-order valence-electron chi connectivity index (χ2n) is 6.44. The van der Waals surface area contributed by atoms with Crippen molar-refractivity contribution in [2.45, 2.75) is 51.2 Å². The van der Waals surface area contributed by atoms with Gasteiger partial charge in [-0.05, 0) is 18.4 Å². The fraction of sp³-hybridized carbons (Fsp3) is 0.474. The van der Waals surface area contributed by atoms with E-state index < -0.39 is 0 Å². The van der Waals surface area contributed by atoms with Gasteiger partial charge in [0.2, 0.25) is 0 Å². The smallest absolute Gasteiger partial charge is 0.191 e. The van der Waals surface area contributed by atoms with Crippen LogP contribution in [0.5, 0.6) is 0 Å². The van der Waals surface area contributed by atoms with Gasteiger partial charge in [-0.15, -0.1) is 24.0 Å². The first-order valence-corrected chi connectivity index (χ1v) is 8.86. The molecule has 3 rings (SSSR count). The van der Waals surface area contributed by atoms with Crippen LogP contribution in [0.2, 0.25) is 0 Å². The quantitative estimate of drug-likeness (QED) is 0.414. The Labute approximate surface area is 167 Å². The minimum atomic E-state index is 0. The molecular weight excluding hydrogens is 425 g/mol. The third-order valence-corrected chi connectivity index (χ3v) is 4.50. The second-order valence-corrected chi connectivity index (χ2v) is 6.44. The van der Waals surface area contributed by atoms with Gasteiger partial charge in [-0.2, -0.15) is 5.10 Å². The molecule has 136 valence electrons. The maximum absolute atomic E-state index is 4.45. The standard InChI is InChI=1S/C19H27N5.HI/c1-20-19(23-18-10-6-3-7-11-18)21-12-17-13-22-24(15-17)14-16-8-4-2-5-9-16;/h2,4-5,8-9,13,15,18H,3,6-7,10-12,14H2,1H3,(H2,20,21,23);1H. The summed E-state index contributed by atoms with van der Waals surface area (Å²) in [6.07, 6.45) is 10.5. The molecule has 2 aromatic rings. The molecule has 0 atom stereocenters. The molecule has 1 aliphatic rings. The molecule has 0 radical (unpaired) electrons. The van der Waals surface area contributed by atoms with Crippen molar-refractivity contribution in [1.82, 2.24) is 20.4 Å². The third kappa shape index (κ3) is 6.34. The van der Waals surface area contributed by atoms with Crippen LogP contribution in [0.1, 0.15) is 43.2 Å². The topological polar surface area (TPSA) is 54.2 Å². The SMILES string of the molecule is CN=C(NCc1cnn(Cc2ccccc2)c1)NC1CCCCC1.I. The predicted molar refractivity (Wildman–Crippen MR) is 113 cm³/mol. The monoisotopic (exact) mass is 453 g/mol. The number of hydrogen-bond acceptors (Lipinski definition) is 2. The van der Waals surface area contributed by atoms with E-state index >= 15 is 0 Å². The lowest BCUT2D eigenvalue weighted by molar-refractivity contribution is 0.410. The molecule has 1 heterocycles. The molecule has 1 saturated carbocycles. The van der Waals surface area contributed by atoms with E-state index in [9.17, 15) is 0 Å². The highest BCUT2D eigenvalue weighted by Crippen LogP contribution is 2.17. The van der Waals surface area contributed by atoms with Crippen LogP contribution in [0.25, 0.3) is 0 Å². The number of nitrogens with zero attached hydrogens (tertiary/aromatic N) is 3. The molecular formula is C19H28IN5. The lowest BCUT2D eigenvalue weighted by atomic mass is 9.96. The van der Waals surface area contributed by atoms with Gasteiger partial charge >= 0.3 is 0 Å². The van der Waals surface area contributed by atoms with Crippen molar-refractivity contribution in [3.63, 3.8) is 0 Å². The first-order chi connectivity index (χ1) is 11.8. The zero-order valence-corrected chi connectivity index (χ0v) is 17.1. The van der Waals surface area contributed by atoms with Crippen LogP contribution in [-0.4, -0.2) is 28.8 Å². The summed E-state index contributed by atoms with van der Waals surface area (Å²) in [6, 6.07) is 11.0. The highest BCUT2D eigenvalue weighted by Gasteiger charge is 2.14. The Bertz CT molecular complexity index is 647. The molecule has 1 aromatic heterocycles. The third-order valence-electron chi connectivity index (χ3n) is 4.50. The molecule has 1 aliphatic carbocycles. The maximum atomic E-state index is 4.45. The molecule has 0 spiro atoms. The van der Waals surface area contributed by atoms with Crippen LogP contribution in [0.15, 0.2) is 47.7 Å². The van der Waals surface area contributed by atoms with Crippen LogP contribution in [0.3, 0.4) is 0 Å². The summed E-state index contributed by atoms with van der Waals surface area (Å²) in [7, 11) is 1.83. The van der Waals surface area contributed by atoms with E-state index in [4.69, 9.17) is 0 Å². The van der Waals surface area contributed by atoms with Crippen molar-refractivity contribution in [1.29, 1.82) is 0 Å². The van der Waals surface area contributed by atoms with Crippen LogP contribution in [0, 0.1) is 0 Å². The summed E-state index contributed by atoms with van der Waals surface area (Å²) < 4.78 is 1.98. The summed E-state index contributed by atoms with van der Waals surface area (Å²) in [5, 5.41) is 11.4. The number of nitrogens with one attached hydrogen (secondary N) is 2. The van der Waals surface area contributed by atoms with Crippen molar-refractivity contribution in [3.8, 4) is 0 Å². The minimum Gasteiger partial charge on any atom is -0.354 e. The van der Waals surface area contributed by atoms with E-state index in [1.165, 1.54) is 37.7 Å². The van der Waals surface area contributed by atoms with E-state index in [1.54, 1.807) is 0 Å². The van der Waals surface area contributed by atoms with Crippen molar-refractivity contribution in [2.24, 2.45) is 4.99 Å². The number of benzene rings is 1. The van der Waals surface area contributed by atoms with Gasteiger partial charge in [-0.1, -0.05) is 49.6 Å². The molecule has 2 N–H and O–H groups in total. The number of guanidine groups is 1. The predicted octanol–water partition coefficient (Wildman–Crippen LogP) is 3.55. The fourth-order valence-electron chi connectivity index (χ4n) is 3.18.